The van der Waals surface area contributed by atoms with Gasteiger partial charge in [0, 0.05) is 19.2 Å². The van der Waals surface area contributed by atoms with Crippen molar-refractivity contribution in [1.82, 2.24) is 15.1 Å². The second kappa shape index (κ2) is 6.70. The molecule has 0 radical (unpaired) electrons. The molecule has 1 atom stereocenters. The van der Waals surface area contributed by atoms with Crippen LogP contribution in [-0.4, -0.2) is 27.3 Å². The zero-order valence-electron chi connectivity index (χ0n) is 12.9. The van der Waals surface area contributed by atoms with Gasteiger partial charge in [-0.05, 0) is 18.1 Å². The number of amides is 1. The molecule has 0 aliphatic rings. The standard InChI is InChI=1S/C16H20FN3O2/c1-10(2)13-8-14(20(3)19-13)16(22)18-9-15(21)11-6-4-5-7-12(11)17/h4-8,10,15,21H,9H2,1-3H3,(H,18,22). The first kappa shape index (κ1) is 16.2. The van der Waals surface area contributed by atoms with Gasteiger partial charge in [0.2, 0.25) is 0 Å². The summed E-state index contributed by atoms with van der Waals surface area (Å²) in [7, 11) is 1.69. The number of carbonyl (C=O) groups excluding carboxylic acids is 1. The molecule has 1 unspecified atom stereocenters. The predicted molar refractivity (Wildman–Crippen MR) is 81.0 cm³/mol. The molecule has 1 aromatic heterocycles. The second-order valence-electron chi connectivity index (χ2n) is 5.48. The van der Waals surface area contributed by atoms with Gasteiger partial charge in [-0.15, -0.1) is 0 Å². The Morgan fingerprint density at radius 1 is 1.41 bits per heavy atom. The van der Waals surface area contributed by atoms with Crippen molar-refractivity contribution in [2.24, 2.45) is 7.05 Å². The zero-order chi connectivity index (χ0) is 16.3. The summed E-state index contributed by atoms with van der Waals surface area (Å²) >= 11 is 0. The van der Waals surface area contributed by atoms with E-state index in [9.17, 15) is 14.3 Å². The third-order valence-corrected chi connectivity index (χ3v) is 3.44. The summed E-state index contributed by atoms with van der Waals surface area (Å²) in [5, 5.41) is 16.8. The fraction of sp³-hybridized carbons (Fsp3) is 0.375. The quantitative estimate of drug-likeness (QED) is 0.889. The van der Waals surface area contributed by atoms with Crippen LogP contribution in [0.3, 0.4) is 0 Å². The summed E-state index contributed by atoms with van der Waals surface area (Å²) < 4.78 is 15.1. The van der Waals surface area contributed by atoms with E-state index in [4.69, 9.17) is 0 Å². The highest BCUT2D eigenvalue weighted by Crippen LogP contribution is 2.16. The third-order valence-electron chi connectivity index (χ3n) is 3.44. The Balaban J connectivity index is 2.02. The van der Waals surface area contributed by atoms with Crippen LogP contribution in [0.4, 0.5) is 4.39 Å². The average Bonchev–Trinajstić information content (AvgIpc) is 2.87. The van der Waals surface area contributed by atoms with E-state index in [1.807, 2.05) is 13.8 Å². The Hall–Kier alpha value is -2.21. The molecule has 1 aromatic carbocycles. The van der Waals surface area contributed by atoms with E-state index in [0.29, 0.717) is 5.69 Å². The molecule has 1 amide bonds. The van der Waals surface area contributed by atoms with Gasteiger partial charge in [0.1, 0.15) is 11.5 Å². The van der Waals surface area contributed by atoms with Crippen molar-refractivity contribution in [1.29, 1.82) is 0 Å². The highest BCUT2D eigenvalue weighted by Gasteiger charge is 2.17. The van der Waals surface area contributed by atoms with Crippen LogP contribution in [-0.2, 0) is 7.05 Å². The Labute approximate surface area is 128 Å². The number of nitrogens with one attached hydrogen (secondary N) is 1. The van der Waals surface area contributed by atoms with Crippen molar-refractivity contribution in [3.05, 3.63) is 53.1 Å². The number of benzene rings is 1. The number of halogens is 1. The third kappa shape index (κ3) is 3.51. The van der Waals surface area contributed by atoms with Gasteiger partial charge in [-0.2, -0.15) is 5.10 Å². The molecule has 2 N–H and O–H groups in total. The molecular weight excluding hydrogens is 285 g/mol. The lowest BCUT2D eigenvalue weighted by Gasteiger charge is -2.13. The summed E-state index contributed by atoms with van der Waals surface area (Å²) in [5.41, 5.74) is 1.39. The van der Waals surface area contributed by atoms with Gasteiger partial charge in [-0.25, -0.2) is 4.39 Å². The Bertz CT molecular complexity index is 667. The van der Waals surface area contributed by atoms with Gasteiger partial charge < -0.3 is 10.4 Å². The molecule has 0 aliphatic heterocycles. The molecule has 0 saturated heterocycles. The lowest BCUT2D eigenvalue weighted by molar-refractivity contribution is 0.0904. The topological polar surface area (TPSA) is 67.2 Å². The maximum Gasteiger partial charge on any atom is 0.269 e. The molecular formula is C16H20FN3O2. The summed E-state index contributed by atoms with van der Waals surface area (Å²) in [4.78, 5) is 12.1. The van der Waals surface area contributed by atoms with Gasteiger partial charge in [0.05, 0.1) is 11.8 Å². The van der Waals surface area contributed by atoms with E-state index in [1.165, 1.54) is 16.8 Å². The molecule has 1 heterocycles. The maximum atomic E-state index is 13.6. The average molecular weight is 305 g/mol. The summed E-state index contributed by atoms with van der Waals surface area (Å²) in [6, 6.07) is 7.67. The van der Waals surface area contributed by atoms with E-state index < -0.39 is 11.9 Å². The molecule has 5 nitrogen and oxygen atoms in total. The van der Waals surface area contributed by atoms with Gasteiger partial charge in [0.15, 0.2) is 0 Å². The van der Waals surface area contributed by atoms with Crippen LogP contribution >= 0.6 is 0 Å². The second-order valence-corrected chi connectivity index (χ2v) is 5.48. The van der Waals surface area contributed by atoms with E-state index >= 15 is 0 Å². The number of hydrogen-bond donors (Lipinski definition) is 2. The van der Waals surface area contributed by atoms with Crippen molar-refractivity contribution in [2.45, 2.75) is 25.9 Å². The first-order chi connectivity index (χ1) is 10.4. The lowest BCUT2D eigenvalue weighted by atomic mass is 10.1. The van der Waals surface area contributed by atoms with Crippen molar-refractivity contribution in [3.63, 3.8) is 0 Å². The Morgan fingerprint density at radius 2 is 2.09 bits per heavy atom. The highest BCUT2D eigenvalue weighted by atomic mass is 19.1. The molecule has 6 heteroatoms. The minimum absolute atomic E-state index is 0.0675. The summed E-state index contributed by atoms with van der Waals surface area (Å²) in [6.45, 7) is 3.92. The first-order valence-corrected chi connectivity index (χ1v) is 7.14. The minimum Gasteiger partial charge on any atom is -0.386 e. The van der Waals surface area contributed by atoms with Gasteiger partial charge in [0.25, 0.3) is 5.91 Å². The van der Waals surface area contributed by atoms with Crippen LogP contribution < -0.4 is 5.32 Å². The van der Waals surface area contributed by atoms with Crippen molar-refractivity contribution in [3.8, 4) is 0 Å². The summed E-state index contributed by atoms with van der Waals surface area (Å²) in [6.07, 6.45) is -1.09. The molecule has 2 rings (SSSR count). The van der Waals surface area contributed by atoms with Crippen LogP contribution in [0.25, 0.3) is 0 Å². The molecule has 0 bridgehead atoms. The molecule has 22 heavy (non-hydrogen) atoms. The molecule has 118 valence electrons. The first-order valence-electron chi connectivity index (χ1n) is 7.14. The highest BCUT2D eigenvalue weighted by molar-refractivity contribution is 5.92. The maximum absolute atomic E-state index is 13.6. The van der Waals surface area contributed by atoms with Gasteiger partial charge >= 0.3 is 0 Å². The van der Waals surface area contributed by atoms with Crippen molar-refractivity contribution < 1.29 is 14.3 Å². The fourth-order valence-electron chi connectivity index (χ4n) is 2.12. The molecule has 2 aromatic rings. The largest absolute Gasteiger partial charge is 0.386 e. The monoisotopic (exact) mass is 305 g/mol. The summed E-state index contributed by atoms with van der Waals surface area (Å²) in [5.74, 6) is -0.624. The zero-order valence-corrected chi connectivity index (χ0v) is 12.9. The van der Waals surface area contributed by atoms with Crippen LogP contribution in [0, 0.1) is 5.82 Å². The fourth-order valence-corrected chi connectivity index (χ4v) is 2.12. The number of carbonyl (C=O) groups is 1. The van der Waals surface area contributed by atoms with E-state index in [1.54, 1.807) is 25.2 Å². The Kier molecular flexibility index (Phi) is 4.92. The van der Waals surface area contributed by atoms with Crippen molar-refractivity contribution in [2.75, 3.05) is 6.54 Å². The normalized spacial score (nSPS) is 12.5. The number of aryl methyl sites for hydroxylation is 1. The molecule has 0 saturated carbocycles. The minimum atomic E-state index is -1.09. The van der Waals surface area contributed by atoms with E-state index in [0.717, 1.165) is 5.69 Å². The molecule has 0 spiro atoms. The van der Waals surface area contributed by atoms with Crippen LogP contribution in [0.1, 0.15) is 47.6 Å². The number of aliphatic hydroxyl groups is 1. The lowest BCUT2D eigenvalue weighted by Crippen LogP contribution is -2.30. The SMILES string of the molecule is CC(C)c1cc(C(=O)NCC(O)c2ccccc2F)n(C)n1. The molecule has 0 fully saturated rings. The number of hydrogen-bond acceptors (Lipinski definition) is 3. The van der Waals surface area contributed by atoms with Crippen LogP contribution in [0.15, 0.2) is 30.3 Å². The molecule has 0 aliphatic carbocycles. The number of rotatable bonds is 5. The number of aliphatic hydroxyl groups excluding tert-OH is 1. The Morgan fingerprint density at radius 3 is 2.68 bits per heavy atom. The van der Waals surface area contributed by atoms with Gasteiger partial charge in [-0.1, -0.05) is 32.0 Å². The van der Waals surface area contributed by atoms with E-state index in [-0.39, 0.29) is 23.9 Å². The predicted octanol–water partition coefficient (Wildman–Crippen LogP) is 2.15. The van der Waals surface area contributed by atoms with E-state index in [2.05, 4.69) is 10.4 Å². The van der Waals surface area contributed by atoms with Crippen LogP contribution in [0.5, 0.6) is 0 Å². The number of aromatic nitrogens is 2. The number of nitrogens with zero attached hydrogens (tertiary/aromatic N) is 2. The van der Waals surface area contributed by atoms with Crippen LogP contribution in [0.2, 0.25) is 0 Å². The van der Waals surface area contributed by atoms with Crippen molar-refractivity contribution >= 4 is 5.91 Å². The van der Waals surface area contributed by atoms with Gasteiger partial charge in [-0.3, -0.25) is 9.48 Å². The smallest absolute Gasteiger partial charge is 0.269 e.